The molecule has 0 aromatic heterocycles. The van der Waals surface area contributed by atoms with Crippen molar-refractivity contribution in [3.8, 4) is 0 Å². The van der Waals surface area contributed by atoms with Crippen molar-refractivity contribution in [3.05, 3.63) is 12.2 Å². The summed E-state index contributed by atoms with van der Waals surface area (Å²) in [5.41, 5.74) is 0. The van der Waals surface area contributed by atoms with Crippen LogP contribution in [-0.4, -0.2) is 40.5 Å². The molecule has 0 rings (SSSR count). The maximum Gasteiger partial charge on any atom is 0.0750 e. The van der Waals surface area contributed by atoms with E-state index in [9.17, 15) is 10.2 Å². The lowest BCUT2D eigenvalue weighted by Crippen LogP contribution is -2.43. The van der Waals surface area contributed by atoms with Crippen LogP contribution in [0.5, 0.6) is 0 Å². The molecule has 2 N–H and O–H groups in total. The van der Waals surface area contributed by atoms with Crippen molar-refractivity contribution in [1.82, 2.24) is 0 Å². The van der Waals surface area contributed by atoms with Crippen molar-refractivity contribution < 1.29 is 14.9 Å². The van der Waals surface area contributed by atoms with E-state index in [4.69, 9.17) is 4.74 Å². The van der Waals surface area contributed by atoms with Gasteiger partial charge in [0.1, 0.15) is 0 Å². The van der Waals surface area contributed by atoms with Crippen LogP contribution in [0, 0.1) is 11.8 Å². The van der Waals surface area contributed by atoms with E-state index in [1.807, 2.05) is 39.8 Å². The van der Waals surface area contributed by atoms with Crippen LogP contribution in [0.4, 0.5) is 0 Å². The molecule has 0 bridgehead atoms. The van der Waals surface area contributed by atoms with Crippen molar-refractivity contribution >= 4 is 15.9 Å². The Morgan fingerprint density at radius 2 is 1.78 bits per heavy atom. The van der Waals surface area contributed by atoms with Crippen LogP contribution in [0.1, 0.15) is 34.1 Å². The first-order chi connectivity index (χ1) is 8.40. The zero-order valence-corrected chi connectivity index (χ0v) is 13.6. The Bertz CT molecular complexity index is 241. The summed E-state index contributed by atoms with van der Waals surface area (Å²) in [5.74, 6) is -0.0272. The van der Waals surface area contributed by atoms with Gasteiger partial charge < -0.3 is 14.9 Å². The monoisotopic (exact) mass is 322 g/mol. The van der Waals surface area contributed by atoms with E-state index in [0.29, 0.717) is 0 Å². The third-order valence-corrected chi connectivity index (χ3v) is 4.60. The van der Waals surface area contributed by atoms with Crippen molar-refractivity contribution in [3.63, 3.8) is 0 Å². The van der Waals surface area contributed by atoms with Crippen LogP contribution in [0.25, 0.3) is 0 Å². The van der Waals surface area contributed by atoms with Gasteiger partial charge >= 0.3 is 0 Å². The molecule has 108 valence electrons. The summed E-state index contributed by atoms with van der Waals surface area (Å²) < 4.78 is 5.34. The highest BCUT2D eigenvalue weighted by Gasteiger charge is 2.33. The fraction of sp³-hybridized carbons (Fsp3) is 0.857. The first kappa shape index (κ1) is 18.1. The Balaban J connectivity index is 4.61. The number of aliphatic hydroxyl groups excluding tert-OH is 2. The molecule has 0 saturated heterocycles. The highest BCUT2D eigenvalue weighted by molar-refractivity contribution is 9.09. The van der Waals surface area contributed by atoms with Gasteiger partial charge in [-0.25, -0.2) is 0 Å². The minimum Gasteiger partial charge on any atom is -0.391 e. The quantitative estimate of drug-likeness (QED) is 0.533. The van der Waals surface area contributed by atoms with Crippen molar-refractivity contribution in [2.24, 2.45) is 11.8 Å². The summed E-state index contributed by atoms with van der Waals surface area (Å²) in [7, 11) is 1.65. The number of alkyl halides is 1. The lowest BCUT2D eigenvalue weighted by atomic mass is 9.89. The van der Waals surface area contributed by atoms with Gasteiger partial charge in [0.05, 0.1) is 23.1 Å². The number of ether oxygens (including phenoxy) is 1. The highest BCUT2D eigenvalue weighted by Crippen LogP contribution is 2.26. The highest BCUT2D eigenvalue weighted by atomic mass is 79.9. The topological polar surface area (TPSA) is 49.7 Å². The minimum absolute atomic E-state index is 0.00356. The molecular weight excluding hydrogens is 296 g/mol. The second-order valence-electron chi connectivity index (χ2n) is 4.85. The molecule has 0 aliphatic heterocycles. The second-order valence-corrected chi connectivity index (χ2v) is 5.91. The van der Waals surface area contributed by atoms with Crippen LogP contribution in [-0.2, 0) is 4.74 Å². The predicted octanol–water partition coefficient (Wildman–Crippen LogP) is 2.75. The summed E-state index contributed by atoms with van der Waals surface area (Å²) >= 11 is 3.42. The molecule has 18 heavy (non-hydrogen) atoms. The SMILES string of the molecule is C/C=C/C(C)C(O)C(Br)C(O)C(C)C(CC)OC. The molecule has 0 aromatic carbocycles. The number of hydrogen-bond acceptors (Lipinski definition) is 3. The molecular formula is C14H27BrO3. The molecule has 6 unspecified atom stereocenters. The largest absolute Gasteiger partial charge is 0.391 e. The number of hydrogen-bond donors (Lipinski definition) is 2. The summed E-state index contributed by atoms with van der Waals surface area (Å²) in [6.07, 6.45) is 3.43. The molecule has 0 radical (unpaired) electrons. The number of halogens is 1. The summed E-state index contributed by atoms with van der Waals surface area (Å²) in [5, 5.41) is 20.5. The van der Waals surface area contributed by atoms with E-state index < -0.39 is 12.2 Å². The molecule has 0 saturated carbocycles. The lowest BCUT2D eigenvalue weighted by molar-refractivity contribution is -0.0252. The predicted molar refractivity (Wildman–Crippen MR) is 79.0 cm³/mol. The molecule has 0 aliphatic rings. The first-order valence-electron chi connectivity index (χ1n) is 6.56. The molecule has 3 nitrogen and oxygen atoms in total. The summed E-state index contributed by atoms with van der Waals surface area (Å²) in [6, 6.07) is 0. The van der Waals surface area contributed by atoms with Gasteiger partial charge in [-0.05, 0) is 13.3 Å². The van der Waals surface area contributed by atoms with Gasteiger partial charge in [-0.2, -0.15) is 0 Å². The Kier molecular flexibility index (Phi) is 9.13. The molecule has 0 aliphatic carbocycles. The fourth-order valence-corrected chi connectivity index (χ4v) is 3.14. The standard InChI is InChI=1S/C14H27BrO3/c1-6-8-9(3)13(16)12(15)14(17)10(4)11(7-2)18-5/h6,8-14,16-17H,7H2,1-5H3/b8-6+. The van der Waals surface area contributed by atoms with Crippen molar-refractivity contribution in [2.75, 3.05) is 7.11 Å². The Morgan fingerprint density at radius 3 is 2.17 bits per heavy atom. The van der Waals surface area contributed by atoms with E-state index in [2.05, 4.69) is 15.9 Å². The molecule has 0 spiro atoms. The number of allylic oxidation sites excluding steroid dienone is 1. The van der Waals surface area contributed by atoms with Gasteiger partial charge in [-0.15, -0.1) is 0 Å². The molecule has 0 amide bonds. The second kappa shape index (κ2) is 9.08. The van der Waals surface area contributed by atoms with Crippen molar-refractivity contribution in [1.29, 1.82) is 0 Å². The molecule has 4 heteroatoms. The smallest absolute Gasteiger partial charge is 0.0750 e. The van der Waals surface area contributed by atoms with Gasteiger partial charge in [0.2, 0.25) is 0 Å². The van der Waals surface area contributed by atoms with E-state index in [1.54, 1.807) is 7.11 Å². The fourth-order valence-electron chi connectivity index (χ4n) is 2.17. The summed E-state index contributed by atoms with van der Waals surface area (Å²) in [6.45, 7) is 7.83. The lowest BCUT2D eigenvalue weighted by Gasteiger charge is -2.32. The average molecular weight is 323 g/mol. The third-order valence-electron chi connectivity index (χ3n) is 3.52. The molecule has 0 fully saturated rings. The van der Waals surface area contributed by atoms with Crippen LogP contribution in [0.3, 0.4) is 0 Å². The normalized spacial score (nSPS) is 22.4. The number of aliphatic hydroxyl groups is 2. The Hall–Kier alpha value is 0.100. The van der Waals surface area contributed by atoms with Crippen LogP contribution >= 0.6 is 15.9 Å². The van der Waals surface area contributed by atoms with E-state index >= 15 is 0 Å². The molecule has 6 atom stereocenters. The van der Waals surface area contributed by atoms with Crippen LogP contribution in [0.2, 0.25) is 0 Å². The van der Waals surface area contributed by atoms with Crippen molar-refractivity contribution in [2.45, 2.75) is 57.3 Å². The van der Waals surface area contributed by atoms with E-state index in [0.717, 1.165) is 6.42 Å². The Morgan fingerprint density at radius 1 is 1.22 bits per heavy atom. The number of rotatable bonds is 8. The zero-order valence-electron chi connectivity index (χ0n) is 12.0. The molecule has 0 aromatic rings. The van der Waals surface area contributed by atoms with Gasteiger partial charge in [-0.3, -0.25) is 0 Å². The van der Waals surface area contributed by atoms with Crippen LogP contribution < -0.4 is 0 Å². The van der Waals surface area contributed by atoms with Gasteiger partial charge in [-0.1, -0.05) is 48.9 Å². The van der Waals surface area contributed by atoms with E-state index in [1.165, 1.54) is 0 Å². The first-order valence-corrected chi connectivity index (χ1v) is 7.47. The minimum atomic E-state index is -0.641. The van der Waals surface area contributed by atoms with Gasteiger partial charge in [0, 0.05) is 18.9 Å². The summed E-state index contributed by atoms with van der Waals surface area (Å²) in [4.78, 5) is -0.358. The van der Waals surface area contributed by atoms with Gasteiger partial charge in [0.25, 0.3) is 0 Å². The maximum atomic E-state index is 10.3. The molecule has 0 heterocycles. The third kappa shape index (κ3) is 5.00. The average Bonchev–Trinajstić information content (AvgIpc) is 2.37. The van der Waals surface area contributed by atoms with Crippen LogP contribution in [0.15, 0.2) is 12.2 Å². The van der Waals surface area contributed by atoms with E-state index in [-0.39, 0.29) is 22.8 Å². The zero-order chi connectivity index (χ0) is 14.3. The Labute approximate surface area is 119 Å². The van der Waals surface area contributed by atoms with Gasteiger partial charge in [0.15, 0.2) is 0 Å². The number of methoxy groups -OCH3 is 1. The maximum absolute atomic E-state index is 10.3.